The van der Waals surface area contributed by atoms with Crippen molar-refractivity contribution in [1.29, 1.82) is 0 Å². The van der Waals surface area contributed by atoms with Crippen molar-refractivity contribution in [2.45, 2.75) is 64.5 Å². The first-order valence-corrected chi connectivity index (χ1v) is 6.68. The minimum atomic E-state index is -0.445. The Morgan fingerprint density at radius 2 is 1.94 bits per heavy atom. The Kier molecular flexibility index (Phi) is 3.25. The van der Waals surface area contributed by atoms with E-state index in [1.165, 1.54) is 4.90 Å². The van der Waals surface area contributed by atoms with Crippen LogP contribution in [-0.4, -0.2) is 28.8 Å². The molecule has 1 aliphatic carbocycles. The zero-order chi connectivity index (χ0) is 12.6. The summed E-state index contributed by atoms with van der Waals surface area (Å²) in [5, 5.41) is 0. The second kappa shape index (κ2) is 4.41. The Bertz CT molecular complexity index is 336. The Morgan fingerprint density at radius 3 is 2.35 bits per heavy atom. The predicted molar refractivity (Wildman–Crippen MR) is 65.1 cm³/mol. The summed E-state index contributed by atoms with van der Waals surface area (Å²) in [4.78, 5) is 26.1. The van der Waals surface area contributed by atoms with Crippen molar-refractivity contribution >= 4 is 11.8 Å². The van der Waals surface area contributed by atoms with Gasteiger partial charge in [-0.15, -0.1) is 0 Å². The molecule has 2 atom stereocenters. The van der Waals surface area contributed by atoms with Crippen LogP contribution in [0, 0.1) is 5.41 Å². The number of carbonyl (C=O) groups is 2. The van der Waals surface area contributed by atoms with E-state index in [1.807, 2.05) is 13.8 Å². The largest absolute Gasteiger partial charge is 0.326 e. The van der Waals surface area contributed by atoms with E-state index in [9.17, 15) is 9.59 Å². The maximum Gasteiger partial charge on any atom is 0.236 e. The van der Waals surface area contributed by atoms with E-state index in [0.717, 1.165) is 32.1 Å². The SMILES string of the molecule is CCC1(CC)CC(=O)N(C2CCCC2N)C1=O. The third-order valence-electron chi connectivity index (χ3n) is 4.65. The number of likely N-dealkylation sites (tertiary alicyclic amines) is 1. The van der Waals surface area contributed by atoms with Crippen molar-refractivity contribution in [3.05, 3.63) is 0 Å². The van der Waals surface area contributed by atoms with Gasteiger partial charge in [-0.1, -0.05) is 13.8 Å². The van der Waals surface area contributed by atoms with Gasteiger partial charge in [0.05, 0.1) is 11.5 Å². The van der Waals surface area contributed by atoms with E-state index >= 15 is 0 Å². The summed E-state index contributed by atoms with van der Waals surface area (Å²) >= 11 is 0. The highest BCUT2D eigenvalue weighted by molar-refractivity contribution is 6.06. The van der Waals surface area contributed by atoms with Crippen molar-refractivity contribution in [2.24, 2.45) is 11.1 Å². The fraction of sp³-hybridized carbons (Fsp3) is 0.846. The van der Waals surface area contributed by atoms with Crippen molar-refractivity contribution in [3.63, 3.8) is 0 Å². The van der Waals surface area contributed by atoms with Gasteiger partial charge in [-0.05, 0) is 32.1 Å². The predicted octanol–water partition coefficient (Wildman–Crippen LogP) is 1.43. The molecule has 2 fully saturated rings. The quantitative estimate of drug-likeness (QED) is 0.756. The first kappa shape index (κ1) is 12.6. The summed E-state index contributed by atoms with van der Waals surface area (Å²) < 4.78 is 0. The first-order chi connectivity index (χ1) is 8.05. The molecule has 2 rings (SSSR count). The van der Waals surface area contributed by atoms with Gasteiger partial charge in [0.25, 0.3) is 0 Å². The number of carbonyl (C=O) groups excluding carboxylic acids is 2. The second-order valence-electron chi connectivity index (χ2n) is 5.40. The lowest BCUT2D eigenvalue weighted by Gasteiger charge is -2.29. The fourth-order valence-corrected chi connectivity index (χ4v) is 3.25. The monoisotopic (exact) mass is 238 g/mol. The number of nitrogens with zero attached hydrogens (tertiary/aromatic N) is 1. The molecular weight excluding hydrogens is 216 g/mol. The maximum atomic E-state index is 12.5. The van der Waals surface area contributed by atoms with Gasteiger partial charge in [0.1, 0.15) is 0 Å². The number of nitrogens with two attached hydrogens (primary N) is 1. The molecule has 2 N–H and O–H groups in total. The molecule has 96 valence electrons. The molecule has 4 nitrogen and oxygen atoms in total. The summed E-state index contributed by atoms with van der Waals surface area (Å²) in [6, 6.07) is -0.0672. The zero-order valence-electron chi connectivity index (χ0n) is 10.7. The molecule has 0 aromatic carbocycles. The Balaban J connectivity index is 2.25. The zero-order valence-corrected chi connectivity index (χ0v) is 10.7. The van der Waals surface area contributed by atoms with Crippen LogP contribution in [0.25, 0.3) is 0 Å². The van der Waals surface area contributed by atoms with Gasteiger partial charge in [-0.25, -0.2) is 0 Å². The first-order valence-electron chi connectivity index (χ1n) is 6.68. The van der Waals surface area contributed by atoms with E-state index in [4.69, 9.17) is 5.73 Å². The minimum Gasteiger partial charge on any atom is -0.326 e. The third-order valence-corrected chi connectivity index (χ3v) is 4.65. The van der Waals surface area contributed by atoms with E-state index < -0.39 is 5.41 Å². The summed E-state index contributed by atoms with van der Waals surface area (Å²) in [5.41, 5.74) is 5.56. The highest BCUT2D eigenvalue weighted by Gasteiger charge is 2.52. The number of hydrogen-bond donors (Lipinski definition) is 1. The molecule has 1 aliphatic heterocycles. The lowest BCUT2D eigenvalue weighted by Crippen LogP contribution is -2.48. The Labute approximate surface area is 103 Å². The van der Waals surface area contributed by atoms with Crippen LogP contribution < -0.4 is 5.73 Å². The molecule has 2 unspecified atom stereocenters. The fourth-order valence-electron chi connectivity index (χ4n) is 3.25. The van der Waals surface area contributed by atoms with Crippen molar-refractivity contribution in [3.8, 4) is 0 Å². The molecule has 2 aliphatic rings. The smallest absolute Gasteiger partial charge is 0.236 e. The lowest BCUT2D eigenvalue weighted by molar-refractivity contribution is -0.144. The lowest BCUT2D eigenvalue weighted by atomic mass is 9.81. The van der Waals surface area contributed by atoms with E-state index in [2.05, 4.69) is 0 Å². The topological polar surface area (TPSA) is 63.4 Å². The van der Waals surface area contributed by atoms with Crippen LogP contribution in [0.3, 0.4) is 0 Å². The normalized spacial score (nSPS) is 32.5. The highest BCUT2D eigenvalue weighted by Crippen LogP contribution is 2.41. The average molecular weight is 238 g/mol. The van der Waals surface area contributed by atoms with Crippen LogP contribution in [0.15, 0.2) is 0 Å². The van der Waals surface area contributed by atoms with Gasteiger partial charge in [0.2, 0.25) is 11.8 Å². The van der Waals surface area contributed by atoms with Crippen LogP contribution in [0.1, 0.15) is 52.4 Å². The molecule has 2 amide bonds. The molecular formula is C13H22N2O2. The molecule has 0 spiro atoms. The van der Waals surface area contributed by atoms with Crippen molar-refractivity contribution < 1.29 is 9.59 Å². The summed E-state index contributed by atoms with van der Waals surface area (Å²) in [6.45, 7) is 3.99. The highest BCUT2D eigenvalue weighted by atomic mass is 16.2. The van der Waals surface area contributed by atoms with Crippen LogP contribution in [0.5, 0.6) is 0 Å². The standard InChI is InChI=1S/C13H22N2O2/c1-3-13(4-2)8-11(16)15(12(13)17)10-7-5-6-9(10)14/h9-10H,3-8,14H2,1-2H3. The van der Waals surface area contributed by atoms with Crippen LogP contribution in [-0.2, 0) is 9.59 Å². The van der Waals surface area contributed by atoms with Crippen molar-refractivity contribution in [2.75, 3.05) is 0 Å². The maximum absolute atomic E-state index is 12.5. The summed E-state index contributed by atoms with van der Waals surface area (Å²) in [5.74, 6) is 0.0101. The minimum absolute atomic E-state index is 0.0129. The molecule has 1 saturated carbocycles. The van der Waals surface area contributed by atoms with Gasteiger partial charge in [-0.2, -0.15) is 0 Å². The molecule has 0 bridgehead atoms. The molecule has 4 heteroatoms. The molecule has 0 aromatic rings. The van der Waals surface area contributed by atoms with Crippen LogP contribution in [0.2, 0.25) is 0 Å². The van der Waals surface area contributed by atoms with Gasteiger partial charge in [-0.3, -0.25) is 14.5 Å². The Hall–Kier alpha value is -0.900. The third kappa shape index (κ3) is 1.79. The van der Waals surface area contributed by atoms with Gasteiger partial charge in [0, 0.05) is 12.5 Å². The number of hydrogen-bond acceptors (Lipinski definition) is 3. The number of amides is 2. The molecule has 1 saturated heterocycles. The molecule has 17 heavy (non-hydrogen) atoms. The number of imide groups is 1. The van der Waals surface area contributed by atoms with Crippen LogP contribution >= 0.6 is 0 Å². The summed E-state index contributed by atoms with van der Waals surface area (Å²) in [7, 11) is 0. The van der Waals surface area contributed by atoms with Gasteiger partial charge >= 0.3 is 0 Å². The van der Waals surface area contributed by atoms with E-state index in [0.29, 0.717) is 6.42 Å². The van der Waals surface area contributed by atoms with Crippen LogP contribution in [0.4, 0.5) is 0 Å². The van der Waals surface area contributed by atoms with E-state index in [-0.39, 0.29) is 23.9 Å². The molecule has 0 radical (unpaired) electrons. The molecule has 0 aromatic heterocycles. The van der Waals surface area contributed by atoms with Gasteiger partial charge < -0.3 is 5.73 Å². The van der Waals surface area contributed by atoms with Crippen molar-refractivity contribution in [1.82, 2.24) is 4.90 Å². The number of rotatable bonds is 3. The van der Waals surface area contributed by atoms with Gasteiger partial charge in [0.15, 0.2) is 0 Å². The average Bonchev–Trinajstić information content (AvgIpc) is 2.82. The van der Waals surface area contributed by atoms with E-state index in [1.54, 1.807) is 0 Å². The Morgan fingerprint density at radius 1 is 1.29 bits per heavy atom. The summed E-state index contributed by atoms with van der Waals surface area (Å²) in [6.07, 6.45) is 4.68. The second-order valence-corrected chi connectivity index (χ2v) is 5.40. The molecule has 1 heterocycles.